The lowest BCUT2D eigenvalue weighted by Gasteiger charge is -2.36. The topological polar surface area (TPSA) is 35.6 Å². The van der Waals surface area contributed by atoms with Crippen LogP contribution >= 0.6 is 0 Å². The second kappa shape index (κ2) is 10.9. The molecule has 1 N–H and O–H groups in total. The van der Waals surface area contributed by atoms with E-state index in [1.54, 1.807) is 0 Å². The van der Waals surface area contributed by atoms with Crippen molar-refractivity contribution in [2.24, 2.45) is 0 Å². The standard InChI is InChI=1S/C19H37N3O/c1-2-3-4-5-6-10-13-21-14-16-22(17-15-21)19(23)20-18-11-8-7-9-12-18/h18H,2-17H2,1H3,(H,20,23). The fraction of sp³-hybridized carbons (Fsp3) is 0.947. The molecule has 1 saturated heterocycles. The summed E-state index contributed by atoms with van der Waals surface area (Å²) in [7, 11) is 0. The van der Waals surface area contributed by atoms with Crippen molar-refractivity contribution in [3.8, 4) is 0 Å². The molecule has 4 nitrogen and oxygen atoms in total. The largest absolute Gasteiger partial charge is 0.335 e. The number of carbonyl (C=O) groups is 1. The molecule has 0 aromatic rings. The second-order valence-corrected chi connectivity index (χ2v) is 7.38. The normalized spacial score (nSPS) is 20.7. The Morgan fingerprint density at radius 3 is 2.26 bits per heavy atom. The summed E-state index contributed by atoms with van der Waals surface area (Å²) in [6.45, 7) is 7.37. The maximum absolute atomic E-state index is 12.3. The Kier molecular flexibility index (Phi) is 8.80. The van der Waals surface area contributed by atoms with Crippen molar-refractivity contribution in [2.75, 3.05) is 32.7 Å². The lowest BCUT2D eigenvalue weighted by Crippen LogP contribution is -2.53. The number of hydrogen-bond donors (Lipinski definition) is 1. The summed E-state index contributed by atoms with van der Waals surface area (Å²) in [5.74, 6) is 0. The van der Waals surface area contributed by atoms with Gasteiger partial charge >= 0.3 is 6.03 Å². The van der Waals surface area contributed by atoms with E-state index in [0.717, 1.165) is 26.2 Å². The zero-order valence-corrected chi connectivity index (χ0v) is 15.2. The molecular formula is C19H37N3O. The van der Waals surface area contributed by atoms with Crippen LogP contribution in [0.2, 0.25) is 0 Å². The number of unbranched alkanes of at least 4 members (excludes halogenated alkanes) is 5. The fourth-order valence-electron chi connectivity index (χ4n) is 3.80. The van der Waals surface area contributed by atoms with Crippen molar-refractivity contribution in [2.45, 2.75) is 83.6 Å². The summed E-state index contributed by atoms with van der Waals surface area (Å²) in [6.07, 6.45) is 14.4. The van der Waals surface area contributed by atoms with Crippen LogP contribution in [0.5, 0.6) is 0 Å². The van der Waals surface area contributed by atoms with Crippen LogP contribution in [0, 0.1) is 0 Å². The Hall–Kier alpha value is -0.770. The van der Waals surface area contributed by atoms with Crippen LogP contribution in [0.3, 0.4) is 0 Å². The molecule has 4 heteroatoms. The molecule has 0 atom stereocenters. The van der Waals surface area contributed by atoms with E-state index in [2.05, 4.69) is 17.1 Å². The molecule has 0 aromatic carbocycles. The monoisotopic (exact) mass is 323 g/mol. The zero-order valence-electron chi connectivity index (χ0n) is 15.2. The molecule has 2 fully saturated rings. The summed E-state index contributed by atoms with van der Waals surface area (Å²) in [4.78, 5) is 16.9. The number of rotatable bonds is 8. The fourth-order valence-corrected chi connectivity index (χ4v) is 3.80. The van der Waals surface area contributed by atoms with Gasteiger partial charge in [-0.15, -0.1) is 0 Å². The van der Waals surface area contributed by atoms with Gasteiger partial charge in [0.25, 0.3) is 0 Å². The molecule has 0 spiro atoms. The van der Waals surface area contributed by atoms with Crippen LogP contribution in [-0.4, -0.2) is 54.6 Å². The molecule has 0 unspecified atom stereocenters. The van der Waals surface area contributed by atoms with Gasteiger partial charge in [0.15, 0.2) is 0 Å². The number of amides is 2. The van der Waals surface area contributed by atoms with Crippen molar-refractivity contribution >= 4 is 6.03 Å². The van der Waals surface area contributed by atoms with Crippen LogP contribution in [0.4, 0.5) is 4.79 Å². The average molecular weight is 324 g/mol. The number of hydrogen-bond acceptors (Lipinski definition) is 2. The second-order valence-electron chi connectivity index (χ2n) is 7.38. The third-order valence-electron chi connectivity index (χ3n) is 5.42. The molecule has 23 heavy (non-hydrogen) atoms. The Balaban J connectivity index is 1.53. The Bertz CT molecular complexity index is 321. The van der Waals surface area contributed by atoms with Crippen molar-refractivity contribution in [1.29, 1.82) is 0 Å². The number of nitrogens with one attached hydrogen (secondary N) is 1. The van der Waals surface area contributed by atoms with Gasteiger partial charge in [-0.3, -0.25) is 4.90 Å². The average Bonchev–Trinajstić information content (AvgIpc) is 2.59. The first-order valence-corrected chi connectivity index (χ1v) is 10.1. The molecule has 2 aliphatic rings. The maximum Gasteiger partial charge on any atom is 0.317 e. The molecule has 0 bridgehead atoms. The SMILES string of the molecule is CCCCCCCCN1CCN(C(=O)NC2CCCCC2)CC1. The molecule has 0 aromatic heterocycles. The lowest BCUT2D eigenvalue weighted by atomic mass is 9.96. The third-order valence-corrected chi connectivity index (χ3v) is 5.42. The van der Waals surface area contributed by atoms with Gasteiger partial charge in [0, 0.05) is 32.2 Å². The Labute approximate surface area is 143 Å². The van der Waals surface area contributed by atoms with Crippen LogP contribution in [-0.2, 0) is 0 Å². The predicted molar refractivity (Wildman–Crippen MR) is 96.8 cm³/mol. The number of carbonyl (C=O) groups excluding carboxylic acids is 1. The summed E-state index contributed by atoms with van der Waals surface area (Å²) in [6, 6.07) is 0.605. The molecule has 134 valence electrons. The van der Waals surface area contributed by atoms with Crippen molar-refractivity contribution in [3.63, 3.8) is 0 Å². The van der Waals surface area contributed by atoms with Crippen LogP contribution in [0.1, 0.15) is 77.6 Å². The quantitative estimate of drug-likeness (QED) is 0.685. The van der Waals surface area contributed by atoms with E-state index in [-0.39, 0.29) is 6.03 Å². The van der Waals surface area contributed by atoms with Gasteiger partial charge in [-0.25, -0.2) is 4.79 Å². The number of piperazine rings is 1. The third kappa shape index (κ3) is 7.11. The molecule has 1 aliphatic heterocycles. The van der Waals surface area contributed by atoms with E-state index >= 15 is 0 Å². The van der Waals surface area contributed by atoms with E-state index in [1.807, 2.05) is 4.90 Å². The number of nitrogens with zero attached hydrogens (tertiary/aromatic N) is 2. The molecule has 1 heterocycles. The molecule has 2 rings (SSSR count). The van der Waals surface area contributed by atoms with E-state index in [4.69, 9.17) is 0 Å². The minimum Gasteiger partial charge on any atom is -0.335 e. The van der Waals surface area contributed by atoms with Gasteiger partial charge in [-0.1, -0.05) is 58.3 Å². The van der Waals surface area contributed by atoms with Gasteiger partial charge in [-0.05, 0) is 25.8 Å². The highest BCUT2D eigenvalue weighted by atomic mass is 16.2. The van der Waals surface area contributed by atoms with Gasteiger partial charge in [0.2, 0.25) is 0 Å². The first-order chi connectivity index (χ1) is 11.3. The van der Waals surface area contributed by atoms with E-state index in [0.29, 0.717) is 6.04 Å². The molecular weight excluding hydrogens is 286 g/mol. The Morgan fingerprint density at radius 2 is 1.57 bits per heavy atom. The summed E-state index contributed by atoms with van der Waals surface area (Å²) >= 11 is 0. The zero-order chi connectivity index (χ0) is 16.3. The van der Waals surface area contributed by atoms with E-state index < -0.39 is 0 Å². The first kappa shape index (κ1) is 18.6. The molecule has 2 amide bonds. The predicted octanol–water partition coefficient (Wildman–Crippen LogP) is 4.01. The van der Waals surface area contributed by atoms with E-state index in [1.165, 1.54) is 77.2 Å². The van der Waals surface area contributed by atoms with Crippen molar-refractivity contribution < 1.29 is 4.79 Å². The lowest BCUT2D eigenvalue weighted by molar-refractivity contribution is 0.134. The highest BCUT2D eigenvalue weighted by molar-refractivity contribution is 5.74. The highest BCUT2D eigenvalue weighted by Crippen LogP contribution is 2.17. The molecule has 1 saturated carbocycles. The summed E-state index contributed by atoms with van der Waals surface area (Å²) < 4.78 is 0. The van der Waals surface area contributed by atoms with Gasteiger partial charge in [0.1, 0.15) is 0 Å². The van der Waals surface area contributed by atoms with Crippen LogP contribution in [0.15, 0.2) is 0 Å². The van der Waals surface area contributed by atoms with Gasteiger partial charge in [-0.2, -0.15) is 0 Å². The van der Waals surface area contributed by atoms with Gasteiger partial charge in [0.05, 0.1) is 0 Å². The molecule has 1 aliphatic carbocycles. The minimum atomic E-state index is 0.177. The molecule has 0 radical (unpaired) electrons. The van der Waals surface area contributed by atoms with Crippen LogP contribution in [0.25, 0.3) is 0 Å². The smallest absolute Gasteiger partial charge is 0.317 e. The van der Waals surface area contributed by atoms with Crippen LogP contribution < -0.4 is 5.32 Å². The highest BCUT2D eigenvalue weighted by Gasteiger charge is 2.23. The maximum atomic E-state index is 12.3. The van der Waals surface area contributed by atoms with Crippen molar-refractivity contribution in [1.82, 2.24) is 15.1 Å². The Morgan fingerprint density at radius 1 is 0.913 bits per heavy atom. The summed E-state index contributed by atoms with van der Waals surface area (Å²) in [5.41, 5.74) is 0. The van der Waals surface area contributed by atoms with E-state index in [9.17, 15) is 4.79 Å². The van der Waals surface area contributed by atoms with Gasteiger partial charge < -0.3 is 10.2 Å². The summed E-state index contributed by atoms with van der Waals surface area (Å²) in [5, 5.41) is 3.24. The first-order valence-electron chi connectivity index (χ1n) is 10.1. The minimum absolute atomic E-state index is 0.177. The van der Waals surface area contributed by atoms with Crippen molar-refractivity contribution in [3.05, 3.63) is 0 Å². The number of urea groups is 1.